The molecule has 2 rings (SSSR count). The van der Waals surface area contributed by atoms with E-state index in [0.29, 0.717) is 6.54 Å². The lowest BCUT2D eigenvalue weighted by Crippen LogP contribution is -2.39. The molecule has 0 aromatic heterocycles. The van der Waals surface area contributed by atoms with Crippen molar-refractivity contribution < 1.29 is 4.79 Å². The molecule has 5 heteroatoms. The fourth-order valence-electron chi connectivity index (χ4n) is 2.21. The van der Waals surface area contributed by atoms with Crippen LogP contribution in [0.4, 0.5) is 0 Å². The molecule has 4 nitrogen and oxygen atoms in total. The smallest absolute Gasteiger partial charge is 0.226 e. The van der Waals surface area contributed by atoms with E-state index in [4.69, 9.17) is 0 Å². The minimum absolute atomic E-state index is 0.0153. The number of halogens is 1. The van der Waals surface area contributed by atoms with E-state index in [2.05, 4.69) is 39.0 Å². The lowest BCUT2D eigenvalue weighted by molar-refractivity contribution is -0.125. The highest BCUT2D eigenvalue weighted by Crippen LogP contribution is 2.27. The molecule has 0 saturated carbocycles. The van der Waals surface area contributed by atoms with Gasteiger partial charge < -0.3 is 5.32 Å². The number of benzene rings is 1. The molecule has 1 heterocycles. The Bertz CT molecular complexity index is 452. The fraction of sp³-hybridized carbons (Fsp3) is 0.500. The van der Waals surface area contributed by atoms with E-state index < -0.39 is 0 Å². The molecule has 1 saturated heterocycles. The van der Waals surface area contributed by atoms with Crippen molar-refractivity contribution in [3.63, 3.8) is 0 Å². The van der Waals surface area contributed by atoms with E-state index in [-0.39, 0.29) is 23.9 Å². The van der Waals surface area contributed by atoms with Crippen LogP contribution in [0.2, 0.25) is 0 Å². The quantitative estimate of drug-likeness (QED) is 0.794. The number of rotatable bonds is 4. The SMILES string of the molecule is CCC(C)NC(=O)C1CNNC1c1cccc(Br)c1. The van der Waals surface area contributed by atoms with Crippen molar-refractivity contribution in [3.8, 4) is 0 Å². The average Bonchev–Trinajstić information content (AvgIpc) is 2.87. The maximum Gasteiger partial charge on any atom is 0.226 e. The zero-order valence-electron chi connectivity index (χ0n) is 11.2. The summed E-state index contributed by atoms with van der Waals surface area (Å²) in [4.78, 5) is 12.3. The molecule has 1 aliphatic rings. The first-order valence-electron chi connectivity index (χ1n) is 6.66. The molecule has 0 spiro atoms. The lowest BCUT2D eigenvalue weighted by atomic mass is 9.94. The highest BCUT2D eigenvalue weighted by molar-refractivity contribution is 9.10. The zero-order valence-corrected chi connectivity index (χ0v) is 12.8. The Kier molecular flexibility index (Phi) is 4.96. The summed E-state index contributed by atoms with van der Waals surface area (Å²) in [6.07, 6.45) is 0.945. The predicted molar refractivity (Wildman–Crippen MR) is 79.4 cm³/mol. The predicted octanol–water partition coefficient (Wildman–Crippen LogP) is 2.13. The van der Waals surface area contributed by atoms with Crippen molar-refractivity contribution in [2.45, 2.75) is 32.4 Å². The molecule has 0 aliphatic carbocycles. The Labute approximate surface area is 122 Å². The second-order valence-electron chi connectivity index (χ2n) is 4.98. The van der Waals surface area contributed by atoms with Crippen LogP contribution in [0.3, 0.4) is 0 Å². The second kappa shape index (κ2) is 6.50. The van der Waals surface area contributed by atoms with Crippen LogP contribution in [0.15, 0.2) is 28.7 Å². The van der Waals surface area contributed by atoms with E-state index in [9.17, 15) is 4.79 Å². The summed E-state index contributed by atoms with van der Waals surface area (Å²) in [5.41, 5.74) is 7.39. The first-order valence-corrected chi connectivity index (χ1v) is 7.45. The van der Waals surface area contributed by atoms with Gasteiger partial charge in [-0.3, -0.25) is 10.2 Å². The van der Waals surface area contributed by atoms with Gasteiger partial charge in [0.15, 0.2) is 0 Å². The molecule has 1 fully saturated rings. The van der Waals surface area contributed by atoms with Crippen molar-refractivity contribution in [2.75, 3.05) is 6.54 Å². The fourth-order valence-corrected chi connectivity index (χ4v) is 2.63. The number of hydrogen-bond donors (Lipinski definition) is 3. The van der Waals surface area contributed by atoms with Gasteiger partial charge in [0, 0.05) is 17.1 Å². The molecule has 1 aliphatic heterocycles. The minimum atomic E-state index is -0.0803. The highest BCUT2D eigenvalue weighted by atomic mass is 79.9. The molecule has 3 unspecified atom stereocenters. The monoisotopic (exact) mass is 325 g/mol. The zero-order chi connectivity index (χ0) is 13.8. The molecule has 3 N–H and O–H groups in total. The Balaban J connectivity index is 2.10. The molecule has 104 valence electrons. The summed E-state index contributed by atoms with van der Waals surface area (Å²) in [7, 11) is 0. The summed E-state index contributed by atoms with van der Waals surface area (Å²) >= 11 is 3.47. The Morgan fingerprint density at radius 2 is 2.37 bits per heavy atom. The number of hydrogen-bond acceptors (Lipinski definition) is 3. The first-order chi connectivity index (χ1) is 9.11. The normalized spacial score (nSPS) is 24.2. The third-order valence-electron chi connectivity index (χ3n) is 3.53. The van der Waals surface area contributed by atoms with E-state index in [1.165, 1.54) is 0 Å². The highest BCUT2D eigenvalue weighted by Gasteiger charge is 2.34. The minimum Gasteiger partial charge on any atom is -0.353 e. The molecule has 0 bridgehead atoms. The van der Waals surface area contributed by atoms with Gasteiger partial charge in [-0.25, -0.2) is 5.43 Å². The van der Waals surface area contributed by atoms with Crippen LogP contribution in [0.5, 0.6) is 0 Å². The van der Waals surface area contributed by atoms with Gasteiger partial charge in [0.25, 0.3) is 0 Å². The molecule has 19 heavy (non-hydrogen) atoms. The summed E-state index contributed by atoms with van der Waals surface area (Å²) in [5, 5.41) is 3.06. The molecule has 0 radical (unpaired) electrons. The van der Waals surface area contributed by atoms with Crippen molar-refractivity contribution in [1.29, 1.82) is 0 Å². The van der Waals surface area contributed by atoms with Gasteiger partial charge in [0.2, 0.25) is 5.91 Å². The Morgan fingerprint density at radius 1 is 1.58 bits per heavy atom. The van der Waals surface area contributed by atoms with Crippen LogP contribution >= 0.6 is 15.9 Å². The van der Waals surface area contributed by atoms with Gasteiger partial charge in [0.05, 0.1) is 12.0 Å². The van der Waals surface area contributed by atoms with E-state index >= 15 is 0 Å². The second-order valence-corrected chi connectivity index (χ2v) is 5.90. The van der Waals surface area contributed by atoms with Crippen LogP contribution in [-0.4, -0.2) is 18.5 Å². The van der Waals surface area contributed by atoms with Gasteiger partial charge in [-0.05, 0) is 31.0 Å². The van der Waals surface area contributed by atoms with Gasteiger partial charge >= 0.3 is 0 Å². The topological polar surface area (TPSA) is 53.2 Å². The first kappa shape index (κ1) is 14.5. The summed E-state index contributed by atoms with van der Waals surface area (Å²) in [6.45, 7) is 4.75. The van der Waals surface area contributed by atoms with E-state index in [1.54, 1.807) is 0 Å². The van der Waals surface area contributed by atoms with Crippen LogP contribution in [-0.2, 0) is 4.79 Å². The average molecular weight is 326 g/mol. The molecular weight excluding hydrogens is 306 g/mol. The molecule has 3 atom stereocenters. The standard InChI is InChI=1S/C14H20BrN3O/c1-3-9(2)17-14(19)12-8-16-18-13(12)10-5-4-6-11(15)7-10/h4-7,9,12-13,16,18H,3,8H2,1-2H3,(H,17,19). The summed E-state index contributed by atoms with van der Waals surface area (Å²) in [6, 6.07) is 8.30. The third-order valence-corrected chi connectivity index (χ3v) is 4.02. The largest absolute Gasteiger partial charge is 0.353 e. The number of carbonyl (C=O) groups is 1. The van der Waals surface area contributed by atoms with E-state index in [0.717, 1.165) is 16.5 Å². The summed E-state index contributed by atoms with van der Waals surface area (Å²) in [5.74, 6) is 0.0279. The Morgan fingerprint density at radius 3 is 3.05 bits per heavy atom. The van der Waals surface area contributed by atoms with Crippen LogP contribution in [0.25, 0.3) is 0 Å². The van der Waals surface area contributed by atoms with Gasteiger partial charge in [-0.15, -0.1) is 0 Å². The number of carbonyl (C=O) groups excluding carboxylic acids is 1. The molecular formula is C14H20BrN3O. The maximum absolute atomic E-state index is 12.3. The van der Waals surface area contributed by atoms with Gasteiger partial charge in [-0.2, -0.15) is 0 Å². The molecule has 1 aromatic rings. The summed E-state index contributed by atoms with van der Waals surface area (Å²) < 4.78 is 1.03. The number of hydrazine groups is 1. The van der Waals surface area contributed by atoms with E-state index in [1.807, 2.05) is 31.2 Å². The van der Waals surface area contributed by atoms with Crippen molar-refractivity contribution in [3.05, 3.63) is 34.3 Å². The van der Waals surface area contributed by atoms with Gasteiger partial charge in [-0.1, -0.05) is 35.0 Å². The molecule has 1 amide bonds. The maximum atomic E-state index is 12.3. The third kappa shape index (κ3) is 3.55. The Hall–Kier alpha value is -0.910. The van der Waals surface area contributed by atoms with Crippen LogP contribution < -0.4 is 16.2 Å². The number of amides is 1. The molecule has 1 aromatic carbocycles. The van der Waals surface area contributed by atoms with Gasteiger partial charge in [0.1, 0.15) is 0 Å². The number of nitrogens with one attached hydrogen (secondary N) is 3. The van der Waals surface area contributed by atoms with Crippen molar-refractivity contribution >= 4 is 21.8 Å². The lowest BCUT2D eigenvalue weighted by Gasteiger charge is -2.20. The van der Waals surface area contributed by atoms with Crippen LogP contribution in [0, 0.1) is 5.92 Å². The van der Waals surface area contributed by atoms with Crippen LogP contribution in [0.1, 0.15) is 31.9 Å². The van der Waals surface area contributed by atoms with Crippen molar-refractivity contribution in [1.82, 2.24) is 16.2 Å². The van der Waals surface area contributed by atoms with Crippen molar-refractivity contribution in [2.24, 2.45) is 5.92 Å².